The highest BCUT2D eigenvalue weighted by atomic mass is 28.3. The maximum absolute atomic E-state index is 11.6. The highest BCUT2D eigenvalue weighted by molar-refractivity contribution is 7.04. The smallest absolute Gasteiger partial charge is 0.128 e. The first kappa shape index (κ1) is 20.0. The third-order valence-corrected chi connectivity index (χ3v) is 12.3. The second-order valence-electron chi connectivity index (χ2n) is 8.18. The van der Waals surface area contributed by atoms with Crippen LogP contribution in [0.25, 0.3) is 0 Å². The van der Waals surface area contributed by atoms with Crippen molar-refractivity contribution in [2.75, 3.05) is 0 Å². The molecule has 0 spiro atoms. The van der Waals surface area contributed by atoms with Gasteiger partial charge in [-0.1, -0.05) is 108 Å². The van der Waals surface area contributed by atoms with E-state index in [0.717, 1.165) is 15.9 Å². The quantitative estimate of drug-likeness (QED) is 0.573. The van der Waals surface area contributed by atoms with E-state index in [1.165, 1.54) is 0 Å². The zero-order valence-corrected chi connectivity index (χ0v) is 17.6. The van der Waals surface area contributed by atoms with Crippen LogP contribution in [0.5, 0.6) is 0 Å². The van der Waals surface area contributed by atoms with E-state index in [9.17, 15) is 15.3 Å². The van der Waals surface area contributed by atoms with E-state index in [1.807, 2.05) is 73.7 Å². The summed E-state index contributed by atoms with van der Waals surface area (Å²) in [6.45, 7) is 2.01. The van der Waals surface area contributed by atoms with Crippen LogP contribution in [0.15, 0.2) is 91.0 Å². The van der Waals surface area contributed by atoms with Gasteiger partial charge >= 0.3 is 0 Å². The van der Waals surface area contributed by atoms with Crippen molar-refractivity contribution >= 4 is 18.4 Å². The molecule has 1 aliphatic heterocycles. The first-order valence-electron chi connectivity index (χ1n) is 10.3. The predicted molar refractivity (Wildman–Crippen MR) is 119 cm³/mol. The summed E-state index contributed by atoms with van der Waals surface area (Å²) in [6.07, 6.45) is -2.57. The van der Waals surface area contributed by atoms with Gasteiger partial charge in [0.1, 0.15) is 8.07 Å². The molecule has 1 saturated heterocycles. The van der Waals surface area contributed by atoms with Crippen LogP contribution in [0, 0.1) is 0 Å². The lowest BCUT2D eigenvalue weighted by Gasteiger charge is -2.40. The lowest BCUT2D eigenvalue weighted by Crippen LogP contribution is -2.63. The van der Waals surface area contributed by atoms with Crippen LogP contribution < -0.4 is 10.4 Å². The van der Waals surface area contributed by atoms with Crippen molar-refractivity contribution in [3.05, 3.63) is 96.6 Å². The highest BCUT2D eigenvalue weighted by Gasteiger charge is 2.59. The van der Waals surface area contributed by atoms with Crippen molar-refractivity contribution in [3.8, 4) is 0 Å². The Hall–Kier alpha value is -2.24. The van der Waals surface area contributed by atoms with Crippen LogP contribution in [-0.4, -0.2) is 41.7 Å². The van der Waals surface area contributed by atoms with Gasteiger partial charge in [-0.3, -0.25) is 0 Å². The molecule has 1 aliphatic rings. The van der Waals surface area contributed by atoms with E-state index in [1.54, 1.807) is 0 Å². The first-order valence-corrected chi connectivity index (χ1v) is 12.5. The van der Waals surface area contributed by atoms with Gasteiger partial charge in [0.15, 0.2) is 0 Å². The van der Waals surface area contributed by atoms with E-state index in [2.05, 4.69) is 24.3 Å². The Morgan fingerprint density at radius 1 is 0.759 bits per heavy atom. The number of rotatable bonds is 5. The summed E-state index contributed by atoms with van der Waals surface area (Å²) in [7, 11) is -2.65. The minimum atomic E-state index is -2.65. The Morgan fingerprint density at radius 3 is 1.69 bits per heavy atom. The molecule has 0 aromatic heterocycles. The Labute approximate surface area is 173 Å². The number of hydrogen-bond acceptors (Lipinski definition) is 3. The summed E-state index contributed by atoms with van der Waals surface area (Å²) in [5, 5.41) is 35.8. The van der Waals surface area contributed by atoms with Crippen molar-refractivity contribution in [2.24, 2.45) is 0 Å². The molecule has 3 aromatic rings. The molecule has 0 amide bonds. The van der Waals surface area contributed by atoms with Crippen molar-refractivity contribution < 1.29 is 15.3 Å². The van der Waals surface area contributed by atoms with Gasteiger partial charge in [0.25, 0.3) is 0 Å². The fraction of sp³-hybridized carbons (Fsp3) is 0.280. The number of hydrogen-bond donors (Lipinski definition) is 3. The normalized spacial score (nSPS) is 25.4. The monoisotopic (exact) mass is 404 g/mol. The minimum absolute atomic E-state index is 0.152. The van der Waals surface area contributed by atoms with Crippen LogP contribution in [0.3, 0.4) is 0 Å². The van der Waals surface area contributed by atoms with Crippen LogP contribution in [0.4, 0.5) is 0 Å². The highest BCUT2D eigenvalue weighted by Crippen LogP contribution is 2.45. The molecular formula is C25H28O3Si. The molecule has 0 saturated carbocycles. The van der Waals surface area contributed by atoms with E-state index in [-0.39, 0.29) is 5.92 Å². The Bertz CT molecular complexity index is 877. The lowest BCUT2D eigenvalue weighted by atomic mass is 9.91. The number of aliphatic hydroxyl groups is 3. The van der Waals surface area contributed by atoms with E-state index >= 15 is 0 Å². The maximum Gasteiger partial charge on any atom is 0.128 e. The second-order valence-corrected chi connectivity index (χ2v) is 12.4. The van der Waals surface area contributed by atoms with Crippen molar-refractivity contribution in [3.63, 3.8) is 0 Å². The molecular weight excluding hydrogens is 376 g/mol. The summed E-state index contributed by atoms with van der Waals surface area (Å²) in [4.78, 5) is 0. The molecule has 3 nitrogen and oxygen atoms in total. The molecule has 1 heterocycles. The molecule has 5 atom stereocenters. The Kier molecular flexibility index (Phi) is 5.70. The third kappa shape index (κ3) is 3.47. The van der Waals surface area contributed by atoms with Crippen molar-refractivity contribution in [2.45, 2.75) is 42.7 Å². The predicted octanol–water partition coefficient (Wildman–Crippen LogP) is 2.52. The Morgan fingerprint density at radius 2 is 1.21 bits per heavy atom. The maximum atomic E-state index is 11.6. The van der Waals surface area contributed by atoms with Crippen molar-refractivity contribution in [1.82, 2.24) is 0 Å². The Balaban J connectivity index is 1.87. The van der Waals surface area contributed by atoms with Gasteiger partial charge in [-0.15, -0.1) is 0 Å². The molecule has 3 N–H and O–H groups in total. The van der Waals surface area contributed by atoms with Gasteiger partial charge < -0.3 is 15.3 Å². The van der Waals surface area contributed by atoms with E-state index < -0.39 is 31.9 Å². The van der Waals surface area contributed by atoms with E-state index in [0.29, 0.717) is 6.04 Å². The first-order chi connectivity index (χ1) is 14.1. The number of benzene rings is 3. The summed E-state index contributed by atoms with van der Waals surface area (Å²) in [6, 6.07) is 30.8. The largest absolute Gasteiger partial charge is 0.392 e. The molecule has 4 rings (SSSR count). The fourth-order valence-electron chi connectivity index (χ4n) is 5.13. The minimum Gasteiger partial charge on any atom is -0.392 e. The summed E-state index contributed by atoms with van der Waals surface area (Å²) in [5.41, 5.74) is 0.634. The summed E-state index contributed by atoms with van der Waals surface area (Å²) < 4.78 is 0. The molecule has 4 heteroatoms. The average Bonchev–Trinajstić information content (AvgIpc) is 3.06. The van der Waals surface area contributed by atoms with Gasteiger partial charge in [-0.2, -0.15) is 0 Å². The van der Waals surface area contributed by atoms with Gasteiger partial charge in [-0.25, -0.2) is 0 Å². The zero-order chi connectivity index (χ0) is 20.4. The fourth-order valence-corrected chi connectivity index (χ4v) is 11.1. The van der Waals surface area contributed by atoms with Crippen LogP contribution in [-0.2, 0) is 0 Å². The molecule has 1 fully saturated rings. The third-order valence-electron chi connectivity index (χ3n) is 6.65. The van der Waals surface area contributed by atoms with Gasteiger partial charge in [0.2, 0.25) is 0 Å². The van der Waals surface area contributed by atoms with Gasteiger partial charge in [0, 0.05) is 11.5 Å². The molecule has 3 aromatic carbocycles. The SMILES string of the molecule is CC(c1ccccc1)[C@@H](O)[C@@H]1[C@@H](O)[C@@H](O)C[Si]1(c1ccccc1)c1ccccc1. The second kappa shape index (κ2) is 8.25. The van der Waals surface area contributed by atoms with E-state index in [4.69, 9.17) is 0 Å². The topological polar surface area (TPSA) is 60.7 Å². The molecule has 0 aliphatic carbocycles. The van der Waals surface area contributed by atoms with Crippen LogP contribution in [0.1, 0.15) is 18.4 Å². The van der Waals surface area contributed by atoms with Gasteiger partial charge in [-0.05, 0) is 11.6 Å². The summed E-state index contributed by atoms with van der Waals surface area (Å²) >= 11 is 0. The van der Waals surface area contributed by atoms with Gasteiger partial charge in [0.05, 0.1) is 18.3 Å². The molecule has 29 heavy (non-hydrogen) atoms. The summed E-state index contributed by atoms with van der Waals surface area (Å²) in [5.74, 6) is -0.152. The molecule has 0 bridgehead atoms. The van der Waals surface area contributed by atoms with Crippen LogP contribution >= 0.6 is 0 Å². The molecule has 1 unspecified atom stereocenters. The lowest BCUT2D eigenvalue weighted by molar-refractivity contribution is 0.00537. The van der Waals surface area contributed by atoms with Crippen molar-refractivity contribution in [1.29, 1.82) is 0 Å². The molecule has 0 radical (unpaired) electrons. The molecule has 150 valence electrons. The zero-order valence-electron chi connectivity index (χ0n) is 16.6. The number of aliphatic hydroxyl groups excluding tert-OH is 3. The average molecular weight is 405 g/mol. The van der Waals surface area contributed by atoms with Crippen LogP contribution in [0.2, 0.25) is 11.6 Å². The standard InChI is InChI=1S/C25H28O3Si/c1-18(19-11-5-2-6-12-19)23(27)25-24(28)22(26)17-29(25,20-13-7-3-8-14-20)21-15-9-4-10-16-21/h2-16,18,22-28H,17H2,1H3/t18?,22-,23+,24-,25+/m0/s1.